The van der Waals surface area contributed by atoms with E-state index in [-0.39, 0.29) is 49.0 Å². The van der Waals surface area contributed by atoms with E-state index in [2.05, 4.69) is 0 Å². The Hall–Kier alpha value is 1.73. The van der Waals surface area contributed by atoms with E-state index in [1.54, 1.807) is 0 Å². The average molecular weight is 183 g/mol. The summed E-state index contributed by atoms with van der Waals surface area (Å²) in [5, 5.41) is 0. The van der Waals surface area contributed by atoms with Crippen LogP contribution in [0.3, 0.4) is 0 Å². The van der Waals surface area contributed by atoms with Gasteiger partial charge in [0.2, 0.25) is 0 Å². The van der Waals surface area contributed by atoms with Crippen LogP contribution >= 0.6 is 7.82 Å². The van der Waals surface area contributed by atoms with Gasteiger partial charge in [0.1, 0.15) is 0 Å². The first kappa shape index (κ1) is 15.9. The van der Waals surface area contributed by atoms with Crippen LogP contribution in [-0.4, -0.2) is 0 Å². The van der Waals surface area contributed by atoms with Crippen molar-refractivity contribution >= 4 is 7.82 Å². The minimum absolute atomic E-state index is 0. The minimum atomic E-state index is -5.39. The molecule has 0 aromatic carbocycles. The van der Waals surface area contributed by atoms with Gasteiger partial charge in [-0.3, -0.25) is 0 Å². The summed E-state index contributed by atoms with van der Waals surface area (Å²) in [4.78, 5) is 25.6. The molecule has 0 atom stereocenters. The fraction of sp³-hybridized carbons (Fsp3) is 0. The summed E-state index contributed by atoms with van der Waals surface area (Å²) in [7, 11) is -5.39. The molecule has 0 aliphatic heterocycles. The fourth-order valence-electron chi connectivity index (χ4n) is 0. The molecule has 0 spiro atoms. The molecule has 0 bridgehead atoms. The van der Waals surface area contributed by atoms with Gasteiger partial charge in [0.25, 0.3) is 0 Å². The summed E-state index contributed by atoms with van der Waals surface area (Å²) in [6.07, 6.45) is 0. The van der Waals surface area contributed by atoms with E-state index in [4.69, 9.17) is 19.2 Å². The molecule has 0 radical (unpaired) electrons. The molecule has 7 heteroatoms. The van der Waals surface area contributed by atoms with Crippen molar-refractivity contribution in [2.75, 3.05) is 0 Å². The van der Waals surface area contributed by atoms with Crippen molar-refractivity contribution in [2.45, 2.75) is 0 Å². The molecule has 0 heterocycles. The van der Waals surface area contributed by atoms with Crippen LogP contribution in [0, 0.1) is 0 Å². The normalized spacial score (nSPS) is 8.43. The maximum atomic E-state index is 8.55. The van der Waals surface area contributed by atoms with Crippen LogP contribution < -0.4 is 44.2 Å². The van der Waals surface area contributed by atoms with Gasteiger partial charge in [-0.05, 0) is 0 Å². The molecule has 0 rings (SSSR count). The third-order valence-electron chi connectivity index (χ3n) is 0. The number of hydrogen-bond acceptors (Lipinski definition) is 4. The zero-order valence-electron chi connectivity index (χ0n) is 3.79. The molecule has 0 aliphatic rings. The largest absolute Gasteiger partial charge is 2.00 e. The maximum absolute atomic E-state index is 8.55. The summed E-state index contributed by atoms with van der Waals surface area (Å²) in [5.74, 6) is 0. The van der Waals surface area contributed by atoms with Crippen molar-refractivity contribution in [2.24, 2.45) is 0 Å². The molecule has 0 aromatic rings. The Morgan fingerprint density at radius 1 is 1.14 bits per heavy atom. The van der Waals surface area contributed by atoms with Gasteiger partial charge >= 0.3 is 49.0 Å². The summed E-state index contributed by atoms with van der Waals surface area (Å²) >= 11 is 0. The third-order valence-corrected chi connectivity index (χ3v) is 0. The molecule has 0 amide bonds. The van der Waals surface area contributed by atoms with Gasteiger partial charge in [-0.1, -0.05) is 0 Å². The van der Waals surface area contributed by atoms with Crippen molar-refractivity contribution in [3.8, 4) is 0 Å². The molecule has 0 aliphatic carbocycles. The van der Waals surface area contributed by atoms with Crippen LogP contribution in [0.1, 0.15) is 0 Å². The van der Waals surface area contributed by atoms with Crippen LogP contribution in [0.15, 0.2) is 0 Å². The fourth-order valence-corrected chi connectivity index (χ4v) is 0. The van der Waals surface area contributed by atoms with E-state index < -0.39 is 7.82 Å². The van der Waals surface area contributed by atoms with E-state index in [1.165, 1.54) is 0 Å². The predicted molar refractivity (Wildman–Crippen MR) is 7.61 cm³/mol. The first-order chi connectivity index (χ1) is 2.00. The average Bonchev–Trinajstić information content (AvgIpc) is 0.722. The molecular formula is NaO4PZn. The maximum Gasteiger partial charge on any atom is 2.00 e. The molecule has 0 N–H and O–H groups in total. The Balaban J connectivity index is -0.0000000800. The number of phosphoric acid groups is 1. The van der Waals surface area contributed by atoms with E-state index >= 15 is 0 Å². The van der Waals surface area contributed by atoms with Gasteiger partial charge in [0.15, 0.2) is 0 Å². The number of rotatable bonds is 0. The molecular weight excluding hydrogens is 183 g/mol. The van der Waals surface area contributed by atoms with Crippen LogP contribution in [0.25, 0.3) is 0 Å². The second-order valence-electron chi connectivity index (χ2n) is 0.447. The summed E-state index contributed by atoms with van der Waals surface area (Å²) in [6, 6.07) is 0. The van der Waals surface area contributed by atoms with E-state index in [9.17, 15) is 0 Å². The van der Waals surface area contributed by atoms with Gasteiger partial charge in [-0.25, -0.2) is 0 Å². The Labute approximate surface area is 75.6 Å². The van der Waals surface area contributed by atoms with Gasteiger partial charge in [-0.2, -0.15) is 7.82 Å². The summed E-state index contributed by atoms with van der Waals surface area (Å²) < 4.78 is 8.55. The second-order valence-corrected chi connectivity index (χ2v) is 1.34. The topological polar surface area (TPSA) is 86.2 Å². The molecule has 0 saturated heterocycles. The molecule has 4 nitrogen and oxygen atoms in total. The zero-order chi connectivity index (χ0) is 4.50. The molecule has 0 saturated carbocycles. The Morgan fingerprint density at radius 3 is 1.14 bits per heavy atom. The van der Waals surface area contributed by atoms with Crippen molar-refractivity contribution < 1.29 is 68.3 Å². The monoisotopic (exact) mass is 182 g/mol. The first-order valence-corrected chi connectivity index (χ1v) is 2.19. The van der Waals surface area contributed by atoms with E-state index in [1.807, 2.05) is 0 Å². The first-order valence-electron chi connectivity index (χ1n) is 0.730. The van der Waals surface area contributed by atoms with Gasteiger partial charge < -0.3 is 19.2 Å². The number of hydrogen-bond donors (Lipinski definition) is 0. The standard InChI is InChI=1S/Na.H3O4P.Zn/c;1-5(2,3)4;/h;(H3,1,2,3,4);/q+1;;+2/p-3. The van der Waals surface area contributed by atoms with Crippen molar-refractivity contribution in [1.82, 2.24) is 0 Å². The third kappa shape index (κ3) is 84.6. The van der Waals surface area contributed by atoms with Gasteiger partial charge in [0.05, 0.1) is 0 Å². The Bertz CT molecular complexity index is 57.8. The zero-order valence-corrected chi connectivity index (χ0v) is 9.65. The molecule has 0 aromatic heterocycles. The van der Waals surface area contributed by atoms with Crippen molar-refractivity contribution in [3.63, 3.8) is 0 Å². The Morgan fingerprint density at radius 2 is 1.14 bits per heavy atom. The SMILES string of the molecule is O=P([O-])([O-])[O-].[Na+].[Zn+2]. The van der Waals surface area contributed by atoms with E-state index in [0.29, 0.717) is 0 Å². The molecule has 7 heavy (non-hydrogen) atoms. The van der Waals surface area contributed by atoms with Crippen molar-refractivity contribution in [3.05, 3.63) is 0 Å². The summed E-state index contributed by atoms with van der Waals surface area (Å²) in [5.41, 5.74) is 0. The van der Waals surface area contributed by atoms with Gasteiger partial charge in [-0.15, -0.1) is 0 Å². The summed E-state index contributed by atoms with van der Waals surface area (Å²) in [6.45, 7) is 0. The smallest absolute Gasteiger partial charge is 0.822 e. The predicted octanol–water partition coefficient (Wildman–Crippen LogP) is -5.82. The van der Waals surface area contributed by atoms with Crippen molar-refractivity contribution in [1.29, 1.82) is 0 Å². The van der Waals surface area contributed by atoms with Crippen LogP contribution in [0.2, 0.25) is 0 Å². The Kier molecular flexibility index (Phi) is 13.3. The second kappa shape index (κ2) is 5.86. The molecule has 32 valence electrons. The minimum Gasteiger partial charge on any atom is -0.822 e. The van der Waals surface area contributed by atoms with Crippen LogP contribution in [0.4, 0.5) is 0 Å². The molecule has 0 fully saturated rings. The van der Waals surface area contributed by atoms with Crippen LogP contribution in [0.5, 0.6) is 0 Å². The molecule has 0 unspecified atom stereocenters. The van der Waals surface area contributed by atoms with Gasteiger partial charge in [0, 0.05) is 0 Å². The quantitative estimate of drug-likeness (QED) is 0.276. The van der Waals surface area contributed by atoms with Crippen LogP contribution in [-0.2, 0) is 24.0 Å². The van der Waals surface area contributed by atoms with E-state index in [0.717, 1.165) is 0 Å².